The van der Waals surface area contributed by atoms with Gasteiger partial charge in [-0.15, -0.1) is 0 Å². The molecule has 0 spiro atoms. The Labute approximate surface area is 208 Å². The summed E-state index contributed by atoms with van der Waals surface area (Å²) in [5, 5.41) is 5.85. The lowest BCUT2D eigenvalue weighted by atomic mass is 10.1. The number of primary sulfonamides is 1. The van der Waals surface area contributed by atoms with Crippen LogP contribution in [0.3, 0.4) is 0 Å². The first-order chi connectivity index (χ1) is 17.2. The van der Waals surface area contributed by atoms with E-state index in [9.17, 15) is 18.0 Å². The number of ether oxygens (including phenoxy) is 1. The van der Waals surface area contributed by atoms with Crippen molar-refractivity contribution in [1.29, 1.82) is 0 Å². The molecule has 0 unspecified atom stereocenters. The molecular formula is C24H26N6O5S. The van der Waals surface area contributed by atoms with E-state index in [-0.39, 0.29) is 23.3 Å². The van der Waals surface area contributed by atoms with Gasteiger partial charge in [0.05, 0.1) is 17.0 Å². The largest absolute Gasteiger partial charge is 0.383 e. The molecule has 1 saturated heterocycles. The van der Waals surface area contributed by atoms with Crippen LogP contribution in [0.1, 0.15) is 11.1 Å². The highest BCUT2D eigenvalue weighted by atomic mass is 32.2. The second kappa shape index (κ2) is 10.4. The maximum atomic E-state index is 13.3. The van der Waals surface area contributed by atoms with E-state index in [1.165, 1.54) is 36.5 Å². The van der Waals surface area contributed by atoms with Crippen molar-refractivity contribution in [2.75, 3.05) is 32.5 Å². The Bertz CT molecular complexity index is 1420. The zero-order valence-electron chi connectivity index (χ0n) is 19.6. The Morgan fingerprint density at radius 3 is 2.61 bits per heavy atom. The van der Waals surface area contributed by atoms with Crippen LogP contribution in [0.15, 0.2) is 59.8 Å². The molecule has 2 aromatic carbocycles. The molecule has 2 heterocycles. The average molecular weight is 511 g/mol. The van der Waals surface area contributed by atoms with E-state index in [1.807, 2.05) is 18.2 Å². The van der Waals surface area contributed by atoms with Crippen LogP contribution in [0, 0.1) is 0 Å². The molecule has 1 aliphatic heterocycles. The van der Waals surface area contributed by atoms with E-state index in [0.29, 0.717) is 36.5 Å². The fraction of sp³-hybridized carbons (Fsp3) is 0.250. The molecule has 1 atom stereocenters. The number of sulfonamides is 1. The normalized spacial score (nSPS) is 16.7. The van der Waals surface area contributed by atoms with Crippen LogP contribution in [-0.4, -0.2) is 72.8 Å². The predicted octanol–water partition coefficient (Wildman–Crippen LogP) is 0.759. The van der Waals surface area contributed by atoms with E-state index >= 15 is 0 Å². The van der Waals surface area contributed by atoms with E-state index in [0.717, 1.165) is 10.9 Å². The summed E-state index contributed by atoms with van der Waals surface area (Å²) in [6.45, 7) is 1.09. The highest BCUT2D eigenvalue weighted by molar-refractivity contribution is 7.89. The number of rotatable bonds is 7. The molecule has 0 radical (unpaired) electrons. The second-order valence-electron chi connectivity index (χ2n) is 8.32. The van der Waals surface area contributed by atoms with Gasteiger partial charge < -0.3 is 20.3 Å². The quantitative estimate of drug-likeness (QED) is 0.440. The molecule has 3 aromatic rings. The number of nitrogens with two attached hydrogens (primary N) is 2. The minimum atomic E-state index is -3.80. The summed E-state index contributed by atoms with van der Waals surface area (Å²) in [4.78, 5) is 37.6. The van der Waals surface area contributed by atoms with Crippen molar-refractivity contribution in [1.82, 2.24) is 19.8 Å². The Morgan fingerprint density at radius 1 is 1.17 bits per heavy atom. The number of aromatic nitrogens is 2. The summed E-state index contributed by atoms with van der Waals surface area (Å²) < 4.78 is 28.0. The van der Waals surface area contributed by atoms with Crippen molar-refractivity contribution in [3.05, 3.63) is 66.0 Å². The molecule has 12 heteroatoms. The number of amides is 2. The molecule has 1 fully saturated rings. The number of hydrogen-bond acceptors (Lipinski definition) is 8. The first-order valence-corrected chi connectivity index (χ1v) is 12.6. The third kappa shape index (κ3) is 5.51. The number of hydrogen-bond donors (Lipinski definition) is 2. The zero-order chi connectivity index (χ0) is 25.9. The minimum absolute atomic E-state index is 0.0183. The molecule has 11 nitrogen and oxygen atoms in total. The van der Waals surface area contributed by atoms with Gasteiger partial charge in [0.2, 0.25) is 21.8 Å². The summed E-state index contributed by atoms with van der Waals surface area (Å²) in [5.41, 5.74) is 8.08. The third-order valence-electron chi connectivity index (χ3n) is 5.92. The number of carbonyl (C=O) groups excluding carboxylic acids is 2. The number of carbonyl (C=O) groups is 2. The summed E-state index contributed by atoms with van der Waals surface area (Å²) in [6, 6.07) is 10.6. The molecule has 36 heavy (non-hydrogen) atoms. The molecule has 0 saturated carbocycles. The maximum absolute atomic E-state index is 13.3. The number of benzene rings is 2. The highest BCUT2D eigenvalue weighted by Gasteiger charge is 2.36. The molecule has 1 aliphatic rings. The molecule has 0 bridgehead atoms. The van der Waals surface area contributed by atoms with Crippen LogP contribution in [0.2, 0.25) is 0 Å². The zero-order valence-corrected chi connectivity index (χ0v) is 20.4. The molecule has 188 valence electrons. The van der Waals surface area contributed by atoms with Gasteiger partial charge in [-0.2, -0.15) is 0 Å². The predicted molar refractivity (Wildman–Crippen MR) is 134 cm³/mol. The number of anilines is 1. The first kappa shape index (κ1) is 25.2. The van der Waals surface area contributed by atoms with Gasteiger partial charge >= 0.3 is 0 Å². The molecular weight excluding hydrogens is 484 g/mol. The van der Waals surface area contributed by atoms with Gasteiger partial charge in [0, 0.05) is 38.2 Å². The van der Waals surface area contributed by atoms with E-state index in [4.69, 9.17) is 15.6 Å². The number of piperazine rings is 1. The Hall–Kier alpha value is -3.87. The number of fused-ring (bicyclic) bond motifs is 1. The van der Waals surface area contributed by atoms with Crippen molar-refractivity contribution < 1.29 is 22.7 Å². The van der Waals surface area contributed by atoms with E-state index in [1.54, 1.807) is 23.1 Å². The van der Waals surface area contributed by atoms with Crippen LogP contribution < -0.4 is 10.9 Å². The standard InChI is InChI=1S/C24H26N6O5S/c1-35-14-21-24(32)29(13-17-4-8-19-20(12-17)27-15-28-23(19)25)10-11-30(21)22(31)9-5-16-2-6-18(7-3-16)36(26,33)34/h2-9,12,15,21H,10-11,13-14H2,1H3,(H2,25,27,28)(H2,26,33,34)/t21-/m0/s1. The minimum Gasteiger partial charge on any atom is -0.383 e. The van der Waals surface area contributed by atoms with Crippen LogP contribution in [0.4, 0.5) is 5.82 Å². The van der Waals surface area contributed by atoms with Crippen molar-refractivity contribution >= 4 is 44.6 Å². The monoisotopic (exact) mass is 510 g/mol. The summed E-state index contributed by atoms with van der Waals surface area (Å²) in [7, 11) is -2.32. The van der Waals surface area contributed by atoms with Gasteiger partial charge in [-0.25, -0.2) is 23.5 Å². The summed E-state index contributed by atoms with van der Waals surface area (Å²) in [5.74, 6) is -0.175. The fourth-order valence-electron chi connectivity index (χ4n) is 4.05. The Morgan fingerprint density at radius 2 is 1.92 bits per heavy atom. The van der Waals surface area contributed by atoms with E-state index < -0.39 is 16.1 Å². The fourth-order valence-corrected chi connectivity index (χ4v) is 4.57. The molecule has 4 rings (SSSR count). The van der Waals surface area contributed by atoms with Gasteiger partial charge in [0.25, 0.3) is 0 Å². The number of nitrogens with zero attached hydrogens (tertiary/aromatic N) is 4. The lowest BCUT2D eigenvalue weighted by Gasteiger charge is -2.40. The average Bonchev–Trinajstić information content (AvgIpc) is 2.85. The van der Waals surface area contributed by atoms with Crippen LogP contribution in [-0.2, 0) is 30.9 Å². The molecule has 4 N–H and O–H groups in total. The number of nitrogen functional groups attached to an aromatic ring is 1. The molecule has 0 aliphatic carbocycles. The second-order valence-corrected chi connectivity index (χ2v) is 9.88. The van der Waals surface area contributed by atoms with Crippen LogP contribution in [0.25, 0.3) is 17.0 Å². The first-order valence-electron chi connectivity index (χ1n) is 11.1. The van der Waals surface area contributed by atoms with Gasteiger partial charge in [-0.1, -0.05) is 18.2 Å². The lowest BCUT2D eigenvalue weighted by molar-refractivity contribution is -0.152. The van der Waals surface area contributed by atoms with Gasteiger partial charge in [0.1, 0.15) is 18.2 Å². The Balaban J connectivity index is 1.46. The third-order valence-corrected chi connectivity index (χ3v) is 6.85. The van der Waals surface area contributed by atoms with Gasteiger partial charge in [-0.3, -0.25) is 9.59 Å². The summed E-state index contributed by atoms with van der Waals surface area (Å²) >= 11 is 0. The van der Waals surface area contributed by atoms with Crippen molar-refractivity contribution in [3.8, 4) is 0 Å². The van der Waals surface area contributed by atoms with Crippen molar-refractivity contribution in [3.63, 3.8) is 0 Å². The topological polar surface area (TPSA) is 162 Å². The molecule has 1 aromatic heterocycles. The van der Waals surface area contributed by atoms with Crippen LogP contribution >= 0.6 is 0 Å². The number of methoxy groups -OCH3 is 1. The smallest absolute Gasteiger partial charge is 0.248 e. The van der Waals surface area contributed by atoms with Crippen LogP contribution in [0.5, 0.6) is 0 Å². The Kier molecular flexibility index (Phi) is 7.29. The molecule has 2 amide bonds. The van der Waals surface area contributed by atoms with Crippen molar-refractivity contribution in [2.24, 2.45) is 5.14 Å². The maximum Gasteiger partial charge on any atom is 0.248 e. The highest BCUT2D eigenvalue weighted by Crippen LogP contribution is 2.21. The van der Waals surface area contributed by atoms with E-state index in [2.05, 4.69) is 9.97 Å². The van der Waals surface area contributed by atoms with Crippen molar-refractivity contribution in [2.45, 2.75) is 17.5 Å². The lowest BCUT2D eigenvalue weighted by Crippen LogP contribution is -2.59. The van der Waals surface area contributed by atoms with Gasteiger partial charge in [-0.05, 0) is 41.5 Å². The SMILES string of the molecule is COC[C@H]1C(=O)N(Cc2ccc3c(N)ncnc3c2)CCN1C(=O)C=Cc1ccc(S(N)(=O)=O)cc1. The van der Waals surface area contributed by atoms with Gasteiger partial charge in [0.15, 0.2) is 0 Å². The summed E-state index contributed by atoms with van der Waals surface area (Å²) in [6.07, 6.45) is 4.30.